The molecule has 1 heterocycles. The molecule has 0 amide bonds. The van der Waals surface area contributed by atoms with E-state index in [9.17, 15) is 0 Å². The van der Waals surface area contributed by atoms with Gasteiger partial charge in [-0.15, -0.1) is 11.8 Å². The van der Waals surface area contributed by atoms with Crippen molar-refractivity contribution in [1.82, 2.24) is 0 Å². The molecule has 0 atom stereocenters. The van der Waals surface area contributed by atoms with Crippen molar-refractivity contribution in [2.24, 2.45) is 0 Å². The first-order valence-electron chi connectivity index (χ1n) is 2.90. The maximum absolute atomic E-state index is 2.24. The van der Waals surface area contributed by atoms with E-state index in [0.717, 1.165) is 5.75 Å². The molecule has 0 aromatic heterocycles. The smallest absolute Gasteiger partial charge is 0.0158 e. The van der Waals surface area contributed by atoms with Crippen LogP contribution in [0.4, 0.5) is 0 Å². The lowest BCUT2D eigenvalue weighted by atomic mass is 10.2. The molecule has 8 heavy (non-hydrogen) atoms. The molecule has 0 bridgehead atoms. The van der Waals surface area contributed by atoms with Crippen LogP contribution in [0.25, 0.3) is 0 Å². The summed E-state index contributed by atoms with van der Waals surface area (Å²) in [6.07, 6.45) is 5.59. The standard InChI is InChI=1S/C7H10S/c1-2-7-4-3-5-8-6-7/h3-4,6H,2,5H2,1H3. The van der Waals surface area contributed by atoms with Gasteiger partial charge in [-0.3, -0.25) is 0 Å². The number of hydrogen-bond donors (Lipinski definition) is 0. The molecule has 0 N–H and O–H groups in total. The van der Waals surface area contributed by atoms with Crippen LogP contribution in [0.2, 0.25) is 0 Å². The minimum atomic E-state index is 1.16. The van der Waals surface area contributed by atoms with E-state index in [-0.39, 0.29) is 0 Å². The van der Waals surface area contributed by atoms with E-state index in [1.54, 1.807) is 0 Å². The van der Waals surface area contributed by atoms with Crippen molar-refractivity contribution in [3.05, 3.63) is 23.1 Å². The molecular weight excluding hydrogens is 116 g/mol. The highest BCUT2D eigenvalue weighted by Gasteiger charge is 1.91. The fraction of sp³-hybridized carbons (Fsp3) is 0.429. The molecule has 44 valence electrons. The predicted molar refractivity (Wildman–Crippen MR) is 40.0 cm³/mol. The summed E-state index contributed by atoms with van der Waals surface area (Å²) in [7, 11) is 0. The zero-order valence-corrected chi connectivity index (χ0v) is 5.87. The highest BCUT2D eigenvalue weighted by atomic mass is 32.2. The van der Waals surface area contributed by atoms with Crippen molar-refractivity contribution in [3.63, 3.8) is 0 Å². The SMILES string of the molecule is CCC1=CSCC=C1. The third kappa shape index (κ3) is 1.41. The molecule has 0 saturated carbocycles. The first-order chi connectivity index (χ1) is 3.93. The van der Waals surface area contributed by atoms with E-state index in [1.165, 1.54) is 12.0 Å². The third-order valence-corrected chi connectivity index (χ3v) is 2.02. The van der Waals surface area contributed by atoms with Gasteiger partial charge in [0.1, 0.15) is 0 Å². The lowest BCUT2D eigenvalue weighted by Crippen LogP contribution is -1.79. The lowest BCUT2D eigenvalue weighted by molar-refractivity contribution is 1.15. The van der Waals surface area contributed by atoms with Gasteiger partial charge < -0.3 is 0 Å². The molecule has 0 aliphatic carbocycles. The Morgan fingerprint density at radius 2 is 2.62 bits per heavy atom. The highest BCUT2D eigenvalue weighted by Crippen LogP contribution is 2.16. The first-order valence-corrected chi connectivity index (χ1v) is 3.95. The molecular formula is C7H10S. The van der Waals surface area contributed by atoms with Gasteiger partial charge in [0, 0.05) is 5.75 Å². The summed E-state index contributed by atoms with van der Waals surface area (Å²) in [5.41, 5.74) is 1.46. The summed E-state index contributed by atoms with van der Waals surface area (Å²) in [6.45, 7) is 2.18. The van der Waals surface area contributed by atoms with Crippen LogP contribution in [-0.2, 0) is 0 Å². The van der Waals surface area contributed by atoms with Crippen molar-refractivity contribution in [1.29, 1.82) is 0 Å². The quantitative estimate of drug-likeness (QED) is 0.520. The van der Waals surface area contributed by atoms with Crippen LogP contribution in [-0.4, -0.2) is 5.75 Å². The molecule has 0 aromatic carbocycles. The average Bonchev–Trinajstić information content (AvgIpc) is 1.90. The zero-order valence-electron chi connectivity index (χ0n) is 5.05. The zero-order chi connectivity index (χ0) is 5.82. The second-order valence-corrected chi connectivity index (χ2v) is 2.68. The summed E-state index contributed by atoms with van der Waals surface area (Å²) in [5, 5.41) is 2.24. The Labute approximate surface area is 54.7 Å². The molecule has 0 nitrogen and oxygen atoms in total. The molecule has 0 unspecified atom stereocenters. The van der Waals surface area contributed by atoms with E-state index in [1.807, 2.05) is 11.8 Å². The van der Waals surface area contributed by atoms with Crippen molar-refractivity contribution >= 4 is 11.8 Å². The summed E-state index contributed by atoms with van der Waals surface area (Å²) >= 11 is 1.88. The van der Waals surface area contributed by atoms with E-state index in [2.05, 4.69) is 24.5 Å². The molecule has 0 fully saturated rings. The number of allylic oxidation sites excluding steroid dienone is 2. The molecule has 0 saturated heterocycles. The van der Waals surface area contributed by atoms with Gasteiger partial charge in [0.2, 0.25) is 0 Å². The van der Waals surface area contributed by atoms with Gasteiger partial charge in [-0.05, 0) is 17.4 Å². The predicted octanol–water partition coefficient (Wildman–Crippen LogP) is 2.58. The maximum atomic E-state index is 2.24. The maximum Gasteiger partial charge on any atom is 0.0158 e. The normalized spacial score (nSPS) is 18.4. The van der Waals surface area contributed by atoms with Gasteiger partial charge in [0.25, 0.3) is 0 Å². The number of thioether (sulfide) groups is 1. The van der Waals surface area contributed by atoms with Gasteiger partial charge in [-0.1, -0.05) is 19.1 Å². The van der Waals surface area contributed by atoms with Crippen LogP contribution >= 0.6 is 11.8 Å². The van der Waals surface area contributed by atoms with Crippen LogP contribution < -0.4 is 0 Å². The van der Waals surface area contributed by atoms with E-state index >= 15 is 0 Å². The largest absolute Gasteiger partial charge is 0.130 e. The fourth-order valence-electron chi connectivity index (χ4n) is 0.651. The summed E-state index contributed by atoms with van der Waals surface area (Å²) < 4.78 is 0. The van der Waals surface area contributed by atoms with Crippen LogP contribution in [0.3, 0.4) is 0 Å². The summed E-state index contributed by atoms with van der Waals surface area (Å²) in [4.78, 5) is 0. The Morgan fingerprint density at radius 3 is 3.00 bits per heavy atom. The Kier molecular flexibility index (Phi) is 2.22. The fourth-order valence-corrected chi connectivity index (χ4v) is 1.41. The lowest BCUT2D eigenvalue weighted by Gasteiger charge is -2.00. The summed E-state index contributed by atoms with van der Waals surface area (Å²) in [6, 6.07) is 0. The van der Waals surface area contributed by atoms with E-state index in [0.29, 0.717) is 0 Å². The van der Waals surface area contributed by atoms with Gasteiger partial charge in [-0.25, -0.2) is 0 Å². The van der Waals surface area contributed by atoms with Crippen LogP contribution in [0.1, 0.15) is 13.3 Å². The van der Waals surface area contributed by atoms with Gasteiger partial charge in [-0.2, -0.15) is 0 Å². The second-order valence-electron chi connectivity index (χ2n) is 1.78. The van der Waals surface area contributed by atoms with Crippen molar-refractivity contribution < 1.29 is 0 Å². The average molecular weight is 126 g/mol. The molecule has 0 aromatic rings. The number of hydrogen-bond acceptors (Lipinski definition) is 1. The minimum Gasteiger partial charge on any atom is -0.130 e. The van der Waals surface area contributed by atoms with Gasteiger partial charge >= 0.3 is 0 Å². The van der Waals surface area contributed by atoms with Gasteiger partial charge in [0.15, 0.2) is 0 Å². The number of rotatable bonds is 1. The van der Waals surface area contributed by atoms with Gasteiger partial charge in [0.05, 0.1) is 0 Å². The highest BCUT2D eigenvalue weighted by molar-refractivity contribution is 8.02. The molecule has 1 heteroatoms. The van der Waals surface area contributed by atoms with Crippen LogP contribution in [0.15, 0.2) is 23.1 Å². The van der Waals surface area contributed by atoms with E-state index in [4.69, 9.17) is 0 Å². The Balaban J connectivity index is 2.51. The molecule has 1 aliphatic rings. The van der Waals surface area contributed by atoms with Crippen LogP contribution in [0.5, 0.6) is 0 Å². The van der Waals surface area contributed by atoms with Crippen molar-refractivity contribution in [2.75, 3.05) is 5.75 Å². The minimum absolute atomic E-state index is 1.16. The molecule has 0 spiro atoms. The van der Waals surface area contributed by atoms with Crippen molar-refractivity contribution in [2.45, 2.75) is 13.3 Å². The molecule has 0 radical (unpaired) electrons. The van der Waals surface area contributed by atoms with Crippen molar-refractivity contribution in [3.8, 4) is 0 Å². The monoisotopic (exact) mass is 126 g/mol. The Bertz CT molecular complexity index is 122. The topological polar surface area (TPSA) is 0 Å². The molecule has 1 rings (SSSR count). The van der Waals surface area contributed by atoms with E-state index < -0.39 is 0 Å². The van der Waals surface area contributed by atoms with Crippen LogP contribution in [0, 0.1) is 0 Å². The summed E-state index contributed by atoms with van der Waals surface area (Å²) in [5.74, 6) is 1.16. The Hall–Kier alpha value is -0.170. The first kappa shape index (κ1) is 5.96. The molecule has 1 aliphatic heterocycles. The third-order valence-electron chi connectivity index (χ3n) is 1.17. The second kappa shape index (κ2) is 2.98. The Morgan fingerprint density at radius 1 is 1.75 bits per heavy atom.